The van der Waals surface area contributed by atoms with Crippen LogP contribution in [0.4, 0.5) is 4.79 Å². The molecule has 1 N–H and O–H groups in total. The van der Waals surface area contributed by atoms with Gasteiger partial charge in [0.1, 0.15) is 0 Å². The molecule has 0 unspecified atom stereocenters. The van der Waals surface area contributed by atoms with Crippen molar-refractivity contribution in [1.82, 2.24) is 20.0 Å². The van der Waals surface area contributed by atoms with Crippen LogP contribution in [0.1, 0.15) is 44.3 Å². The number of benzene rings is 3. The van der Waals surface area contributed by atoms with E-state index in [2.05, 4.69) is 58.7 Å². The molecule has 7 heteroatoms. The maximum atomic E-state index is 12.8. The molecule has 7 nitrogen and oxygen atoms in total. The van der Waals surface area contributed by atoms with Crippen molar-refractivity contribution in [2.24, 2.45) is 0 Å². The number of carbonyl (C=O) groups is 3. The van der Waals surface area contributed by atoms with Gasteiger partial charge in [-0.25, -0.2) is 4.79 Å². The number of fused-ring (bicyclic) bond motifs is 1. The molecule has 0 bridgehead atoms. The Balaban J connectivity index is 1.11. The van der Waals surface area contributed by atoms with Crippen LogP contribution >= 0.6 is 0 Å². The van der Waals surface area contributed by atoms with E-state index in [1.807, 2.05) is 17.0 Å². The number of rotatable bonds is 7. The first-order valence-electron chi connectivity index (χ1n) is 12.5. The van der Waals surface area contributed by atoms with Crippen molar-refractivity contribution in [2.75, 3.05) is 39.3 Å². The largest absolute Gasteiger partial charge is 0.338 e. The van der Waals surface area contributed by atoms with E-state index in [4.69, 9.17) is 0 Å². The Bertz CT molecular complexity index is 1150. The number of hydrogen-bond donors (Lipinski definition) is 1. The maximum Gasteiger partial charge on any atom is 0.317 e. The molecule has 0 saturated carbocycles. The lowest BCUT2D eigenvalue weighted by Gasteiger charge is -2.39. The van der Waals surface area contributed by atoms with Gasteiger partial charge in [0, 0.05) is 39.3 Å². The fraction of sp³-hybridized carbons (Fsp3) is 0.276. The fourth-order valence-corrected chi connectivity index (χ4v) is 5.05. The lowest BCUT2D eigenvalue weighted by atomic mass is 9.96. The van der Waals surface area contributed by atoms with Crippen LogP contribution in [0.2, 0.25) is 0 Å². The minimum Gasteiger partial charge on any atom is -0.338 e. The number of nitrogens with one attached hydrogen (secondary N) is 1. The molecular formula is C29H30N4O3. The standard InChI is InChI=1S/C29H30N4O3/c34-27-24-14-7-8-15-25(24)28(35)33(27)17-9-16-30-29(36)32-20-18-31(19-21-32)26(22-10-3-1-4-11-22)23-12-5-2-6-13-23/h1-8,10-15,26H,9,16-21H2,(H,30,36). The highest BCUT2D eigenvalue weighted by molar-refractivity contribution is 6.21. The topological polar surface area (TPSA) is 73.0 Å². The molecule has 184 valence electrons. The molecular weight excluding hydrogens is 452 g/mol. The van der Waals surface area contributed by atoms with Gasteiger partial charge in [-0.15, -0.1) is 0 Å². The van der Waals surface area contributed by atoms with Crippen LogP contribution in [0.5, 0.6) is 0 Å². The van der Waals surface area contributed by atoms with Crippen molar-refractivity contribution < 1.29 is 14.4 Å². The van der Waals surface area contributed by atoms with Gasteiger partial charge >= 0.3 is 6.03 Å². The summed E-state index contributed by atoms with van der Waals surface area (Å²) in [4.78, 5) is 43.3. The van der Waals surface area contributed by atoms with Crippen molar-refractivity contribution in [3.05, 3.63) is 107 Å². The van der Waals surface area contributed by atoms with Crippen molar-refractivity contribution >= 4 is 17.8 Å². The zero-order valence-corrected chi connectivity index (χ0v) is 20.2. The highest BCUT2D eigenvalue weighted by Gasteiger charge is 2.34. The lowest BCUT2D eigenvalue weighted by Crippen LogP contribution is -2.52. The van der Waals surface area contributed by atoms with Crippen LogP contribution in [0.3, 0.4) is 0 Å². The molecule has 2 aliphatic rings. The van der Waals surface area contributed by atoms with E-state index < -0.39 is 0 Å². The molecule has 0 radical (unpaired) electrons. The van der Waals surface area contributed by atoms with Gasteiger partial charge in [0.25, 0.3) is 11.8 Å². The number of imide groups is 1. The summed E-state index contributed by atoms with van der Waals surface area (Å²) >= 11 is 0. The lowest BCUT2D eigenvalue weighted by molar-refractivity contribution is 0.0653. The third-order valence-electron chi connectivity index (χ3n) is 6.91. The third kappa shape index (κ3) is 4.88. The molecule has 36 heavy (non-hydrogen) atoms. The number of amides is 4. The molecule has 3 aromatic rings. The minimum atomic E-state index is -0.260. The van der Waals surface area contributed by atoms with E-state index in [0.29, 0.717) is 37.2 Å². The highest BCUT2D eigenvalue weighted by Crippen LogP contribution is 2.29. The van der Waals surface area contributed by atoms with Gasteiger partial charge in [0.2, 0.25) is 0 Å². The number of urea groups is 1. The van der Waals surface area contributed by atoms with Crippen LogP contribution in [0.15, 0.2) is 84.9 Å². The van der Waals surface area contributed by atoms with Crippen molar-refractivity contribution in [3.63, 3.8) is 0 Å². The number of carbonyl (C=O) groups excluding carboxylic acids is 3. The van der Waals surface area contributed by atoms with Gasteiger partial charge < -0.3 is 10.2 Å². The minimum absolute atomic E-state index is 0.104. The molecule has 3 aromatic carbocycles. The van der Waals surface area contributed by atoms with E-state index in [0.717, 1.165) is 13.1 Å². The summed E-state index contributed by atoms with van der Waals surface area (Å²) in [7, 11) is 0. The highest BCUT2D eigenvalue weighted by atomic mass is 16.2. The van der Waals surface area contributed by atoms with Gasteiger partial charge in [-0.05, 0) is 29.7 Å². The Hall–Kier alpha value is -3.97. The summed E-state index contributed by atoms with van der Waals surface area (Å²) in [6.07, 6.45) is 0.515. The fourth-order valence-electron chi connectivity index (χ4n) is 5.05. The van der Waals surface area contributed by atoms with Crippen LogP contribution in [-0.4, -0.2) is 71.8 Å². The van der Waals surface area contributed by atoms with Crippen LogP contribution in [-0.2, 0) is 0 Å². The van der Waals surface area contributed by atoms with E-state index in [1.54, 1.807) is 24.3 Å². The van der Waals surface area contributed by atoms with Crippen molar-refractivity contribution in [1.29, 1.82) is 0 Å². The van der Waals surface area contributed by atoms with Gasteiger partial charge in [-0.1, -0.05) is 72.8 Å². The molecule has 5 rings (SSSR count). The second-order valence-corrected chi connectivity index (χ2v) is 9.14. The Morgan fingerprint density at radius 2 is 1.22 bits per heavy atom. The Morgan fingerprint density at radius 1 is 0.722 bits per heavy atom. The van der Waals surface area contributed by atoms with Crippen LogP contribution in [0, 0.1) is 0 Å². The second-order valence-electron chi connectivity index (χ2n) is 9.14. The first-order chi connectivity index (χ1) is 17.6. The maximum absolute atomic E-state index is 12.8. The Labute approximate surface area is 211 Å². The van der Waals surface area contributed by atoms with Gasteiger partial charge in [-0.3, -0.25) is 19.4 Å². The zero-order valence-electron chi connectivity index (χ0n) is 20.2. The van der Waals surface area contributed by atoms with Gasteiger partial charge in [-0.2, -0.15) is 0 Å². The first kappa shape index (κ1) is 23.8. The van der Waals surface area contributed by atoms with E-state index in [1.165, 1.54) is 16.0 Å². The summed E-state index contributed by atoms with van der Waals surface area (Å²) < 4.78 is 0. The molecule has 2 heterocycles. The number of hydrogen-bond acceptors (Lipinski definition) is 4. The quantitative estimate of drug-likeness (QED) is 0.411. The van der Waals surface area contributed by atoms with Crippen molar-refractivity contribution in [2.45, 2.75) is 12.5 Å². The zero-order chi connectivity index (χ0) is 24.9. The summed E-state index contributed by atoms with van der Waals surface area (Å²) in [6, 6.07) is 27.9. The molecule has 2 aliphatic heterocycles. The normalized spacial score (nSPS) is 15.9. The van der Waals surface area contributed by atoms with E-state index >= 15 is 0 Å². The SMILES string of the molecule is O=C(NCCCN1C(=O)c2ccccc2C1=O)N1CCN(C(c2ccccc2)c2ccccc2)CC1. The number of piperazine rings is 1. The van der Waals surface area contributed by atoms with Crippen LogP contribution in [0.25, 0.3) is 0 Å². The number of nitrogens with zero attached hydrogens (tertiary/aromatic N) is 3. The molecule has 0 aromatic heterocycles. The van der Waals surface area contributed by atoms with E-state index in [-0.39, 0.29) is 30.4 Å². The third-order valence-corrected chi connectivity index (χ3v) is 6.91. The summed E-state index contributed by atoms with van der Waals surface area (Å²) in [5, 5.41) is 2.95. The molecule has 1 saturated heterocycles. The molecule has 1 fully saturated rings. The van der Waals surface area contributed by atoms with Gasteiger partial charge in [0.15, 0.2) is 0 Å². The molecule has 0 spiro atoms. The average molecular weight is 483 g/mol. The predicted molar refractivity (Wildman–Crippen MR) is 138 cm³/mol. The monoisotopic (exact) mass is 482 g/mol. The predicted octanol–water partition coefficient (Wildman–Crippen LogP) is 3.79. The second kappa shape index (κ2) is 10.7. The van der Waals surface area contributed by atoms with Crippen LogP contribution < -0.4 is 5.32 Å². The Kier molecular flexibility index (Phi) is 7.09. The summed E-state index contributed by atoms with van der Waals surface area (Å²) in [5.41, 5.74) is 3.40. The van der Waals surface area contributed by atoms with Crippen molar-refractivity contribution in [3.8, 4) is 0 Å². The smallest absolute Gasteiger partial charge is 0.317 e. The first-order valence-corrected chi connectivity index (χ1v) is 12.5. The Morgan fingerprint density at radius 3 is 1.75 bits per heavy atom. The summed E-state index contributed by atoms with van der Waals surface area (Å²) in [6.45, 7) is 3.52. The molecule has 4 amide bonds. The average Bonchev–Trinajstić information content (AvgIpc) is 3.17. The molecule has 0 aliphatic carbocycles. The van der Waals surface area contributed by atoms with Gasteiger partial charge in [0.05, 0.1) is 17.2 Å². The molecule has 0 atom stereocenters. The summed E-state index contributed by atoms with van der Waals surface area (Å²) in [5.74, 6) is -0.520. The van der Waals surface area contributed by atoms with E-state index in [9.17, 15) is 14.4 Å².